The van der Waals surface area contributed by atoms with E-state index in [2.05, 4.69) is 36.6 Å². The van der Waals surface area contributed by atoms with Crippen LogP contribution in [0, 0.1) is 6.92 Å². The predicted molar refractivity (Wildman–Crippen MR) is 133 cm³/mol. The van der Waals surface area contributed by atoms with Gasteiger partial charge in [0.2, 0.25) is 10.5 Å². The third kappa shape index (κ3) is 9.37. The molecule has 0 amide bonds. The van der Waals surface area contributed by atoms with Gasteiger partial charge in [-0.25, -0.2) is 0 Å². The van der Waals surface area contributed by atoms with Crippen molar-refractivity contribution in [1.82, 2.24) is 0 Å². The number of aromatic nitrogens is 1. The van der Waals surface area contributed by atoms with Crippen molar-refractivity contribution >= 4 is 21.6 Å². The average molecular weight is 433 g/mol. The van der Waals surface area contributed by atoms with E-state index in [4.69, 9.17) is 4.74 Å². The summed E-state index contributed by atoms with van der Waals surface area (Å²) in [7, 11) is 1.75. The van der Waals surface area contributed by atoms with Crippen LogP contribution in [0.2, 0.25) is 0 Å². The van der Waals surface area contributed by atoms with Crippen molar-refractivity contribution in [2.75, 3.05) is 7.11 Å². The molecule has 0 radical (unpaired) electrons. The quantitative estimate of drug-likeness (QED) is 0.169. The second-order valence-electron chi connectivity index (χ2n) is 8.91. The highest BCUT2D eigenvalue weighted by molar-refractivity contribution is 7.18. The van der Waals surface area contributed by atoms with E-state index in [1.165, 1.54) is 118 Å². The van der Waals surface area contributed by atoms with Gasteiger partial charge in [0.25, 0.3) is 0 Å². The van der Waals surface area contributed by atoms with Crippen LogP contribution in [0.1, 0.15) is 115 Å². The van der Waals surface area contributed by atoms with Gasteiger partial charge in [0, 0.05) is 13.3 Å². The molecule has 0 aliphatic rings. The van der Waals surface area contributed by atoms with Gasteiger partial charge < -0.3 is 4.74 Å². The lowest BCUT2D eigenvalue weighted by molar-refractivity contribution is -0.673. The average Bonchev–Trinajstić information content (AvgIpc) is 3.07. The largest absolute Gasteiger partial charge is 0.497 e. The Morgan fingerprint density at radius 2 is 1.23 bits per heavy atom. The number of ether oxygens (including phenoxy) is 1. The molecule has 0 atom stereocenters. The van der Waals surface area contributed by atoms with E-state index in [1.54, 1.807) is 7.11 Å². The molecule has 3 heteroatoms. The van der Waals surface area contributed by atoms with Crippen LogP contribution in [0.5, 0.6) is 5.75 Å². The Morgan fingerprint density at radius 3 is 1.73 bits per heavy atom. The van der Waals surface area contributed by atoms with Crippen molar-refractivity contribution < 1.29 is 9.30 Å². The van der Waals surface area contributed by atoms with Crippen molar-refractivity contribution in [3.8, 4) is 5.75 Å². The normalized spacial score (nSPS) is 11.4. The zero-order chi connectivity index (χ0) is 21.4. The zero-order valence-electron chi connectivity index (χ0n) is 20.0. The highest BCUT2D eigenvalue weighted by Gasteiger charge is 2.17. The summed E-state index contributed by atoms with van der Waals surface area (Å²) in [6.07, 6.45) is 22.8. The number of unbranched alkanes of at least 4 members (excludes halogenated alkanes) is 15. The number of fused-ring (bicyclic) bond motifs is 1. The molecule has 0 unspecified atom stereocenters. The topological polar surface area (TPSA) is 13.1 Å². The third-order valence-corrected chi connectivity index (χ3v) is 7.41. The Morgan fingerprint density at radius 1 is 0.733 bits per heavy atom. The number of aryl methyl sites for hydroxylation is 2. The fourth-order valence-corrected chi connectivity index (χ4v) is 5.43. The second-order valence-corrected chi connectivity index (χ2v) is 10.1. The molecule has 0 aliphatic heterocycles. The SMILES string of the molecule is CCCCCCCCCCCCCCCCCC[n+]1c(C)sc2ccc(OC)cc21. The van der Waals surface area contributed by atoms with Crippen molar-refractivity contribution in [2.24, 2.45) is 0 Å². The summed E-state index contributed by atoms with van der Waals surface area (Å²) >= 11 is 1.89. The molecule has 0 spiro atoms. The lowest BCUT2D eigenvalue weighted by Gasteiger charge is -2.03. The third-order valence-electron chi connectivity index (χ3n) is 6.33. The first-order valence-corrected chi connectivity index (χ1v) is 13.5. The van der Waals surface area contributed by atoms with Crippen LogP contribution in [0.3, 0.4) is 0 Å². The molecule has 1 heterocycles. The maximum absolute atomic E-state index is 5.41. The lowest BCUT2D eigenvalue weighted by atomic mass is 10.0. The van der Waals surface area contributed by atoms with E-state index in [-0.39, 0.29) is 0 Å². The highest BCUT2D eigenvalue weighted by Crippen LogP contribution is 2.24. The summed E-state index contributed by atoms with van der Waals surface area (Å²) in [6.45, 7) is 5.67. The van der Waals surface area contributed by atoms with Gasteiger partial charge in [-0.1, -0.05) is 108 Å². The van der Waals surface area contributed by atoms with Crippen LogP contribution in [0.15, 0.2) is 18.2 Å². The summed E-state index contributed by atoms with van der Waals surface area (Å²) in [5.74, 6) is 0.959. The minimum atomic E-state index is 0.959. The number of hydrogen-bond acceptors (Lipinski definition) is 2. The molecule has 1 aromatic heterocycles. The number of nitrogens with zero attached hydrogens (tertiary/aromatic N) is 1. The van der Waals surface area contributed by atoms with Gasteiger partial charge in [-0.2, -0.15) is 4.57 Å². The highest BCUT2D eigenvalue weighted by atomic mass is 32.1. The number of benzene rings is 1. The van der Waals surface area contributed by atoms with Crippen LogP contribution in [0.25, 0.3) is 10.2 Å². The summed E-state index contributed by atoms with van der Waals surface area (Å²) in [4.78, 5) is 0. The van der Waals surface area contributed by atoms with Gasteiger partial charge in [-0.3, -0.25) is 0 Å². The van der Waals surface area contributed by atoms with Gasteiger partial charge in [-0.15, -0.1) is 0 Å². The summed E-state index contributed by atoms with van der Waals surface area (Å²) in [5, 5.41) is 1.40. The fourth-order valence-electron chi connectivity index (χ4n) is 4.40. The minimum Gasteiger partial charge on any atom is -0.497 e. The molecule has 1 aromatic carbocycles. The van der Waals surface area contributed by atoms with Crippen LogP contribution < -0.4 is 9.30 Å². The minimum absolute atomic E-state index is 0.959. The first-order valence-electron chi connectivity index (χ1n) is 12.7. The number of thiazole rings is 1. The van der Waals surface area contributed by atoms with Crippen molar-refractivity contribution in [3.05, 3.63) is 23.2 Å². The Labute approximate surface area is 190 Å². The van der Waals surface area contributed by atoms with Crippen molar-refractivity contribution in [3.63, 3.8) is 0 Å². The lowest BCUT2D eigenvalue weighted by Crippen LogP contribution is -2.34. The number of hydrogen-bond donors (Lipinski definition) is 0. The monoisotopic (exact) mass is 432 g/mol. The second kappa shape index (κ2) is 15.7. The molecule has 0 bridgehead atoms. The smallest absolute Gasteiger partial charge is 0.235 e. The molecule has 0 fully saturated rings. The molecular weight excluding hydrogens is 386 g/mol. The molecule has 2 rings (SSSR count). The van der Waals surface area contributed by atoms with Gasteiger partial charge in [0.05, 0.1) is 13.2 Å². The first-order chi connectivity index (χ1) is 14.8. The van der Waals surface area contributed by atoms with E-state index in [0.29, 0.717) is 0 Å². The number of rotatable bonds is 18. The molecular formula is C27H46NOS+. The van der Waals surface area contributed by atoms with Gasteiger partial charge in [0.1, 0.15) is 17.0 Å². The fraction of sp³-hybridized carbons (Fsp3) is 0.741. The van der Waals surface area contributed by atoms with E-state index in [1.807, 2.05) is 11.3 Å². The van der Waals surface area contributed by atoms with E-state index < -0.39 is 0 Å². The molecule has 30 heavy (non-hydrogen) atoms. The molecule has 0 saturated heterocycles. The summed E-state index contributed by atoms with van der Waals surface area (Å²) in [5.41, 5.74) is 1.33. The van der Waals surface area contributed by atoms with Crippen LogP contribution >= 0.6 is 11.3 Å². The standard InChI is InChI=1S/C27H46NOS/c1-4-5-6-7-8-9-10-11-12-13-14-15-16-17-18-19-22-28-24(2)30-27-21-20-25(29-3)23-26(27)28/h20-21,23H,4-19,22H2,1-3H3/q+1. The summed E-state index contributed by atoms with van der Waals surface area (Å²) < 4.78 is 9.26. The Hall–Kier alpha value is -1.09. The number of methoxy groups -OCH3 is 1. The molecule has 0 N–H and O–H groups in total. The van der Waals surface area contributed by atoms with Gasteiger partial charge in [0.15, 0.2) is 0 Å². The molecule has 2 aromatic rings. The molecule has 2 nitrogen and oxygen atoms in total. The van der Waals surface area contributed by atoms with E-state index in [0.717, 1.165) is 12.3 Å². The predicted octanol–water partition coefficient (Wildman–Crippen LogP) is 8.77. The van der Waals surface area contributed by atoms with Crippen molar-refractivity contribution in [1.29, 1.82) is 0 Å². The van der Waals surface area contributed by atoms with E-state index in [9.17, 15) is 0 Å². The van der Waals surface area contributed by atoms with Gasteiger partial charge >= 0.3 is 0 Å². The summed E-state index contributed by atoms with van der Waals surface area (Å²) in [6, 6.07) is 6.44. The maximum Gasteiger partial charge on any atom is 0.235 e. The van der Waals surface area contributed by atoms with Crippen LogP contribution in [0.4, 0.5) is 0 Å². The van der Waals surface area contributed by atoms with Crippen LogP contribution in [-0.4, -0.2) is 7.11 Å². The molecule has 0 aliphatic carbocycles. The molecule has 0 saturated carbocycles. The van der Waals surface area contributed by atoms with Crippen LogP contribution in [-0.2, 0) is 6.54 Å². The maximum atomic E-state index is 5.41. The molecule has 170 valence electrons. The Bertz CT molecular complexity index is 693. The van der Waals surface area contributed by atoms with Gasteiger partial charge in [-0.05, 0) is 18.6 Å². The zero-order valence-corrected chi connectivity index (χ0v) is 20.8. The Kier molecular flexibility index (Phi) is 13.2. The van der Waals surface area contributed by atoms with Crippen molar-refractivity contribution in [2.45, 2.75) is 123 Å². The van der Waals surface area contributed by atoms with E-state index >= 15 is 0 Å². The first kappa shape index (κ1) is 25.2. The Balaban J connectivity index is 1.45.